The summed E-state index contributed by atoms with van der Waals surface area (Å²) in [5.41, 5.74) is 4.11. The Balaban J connectivity index is 1.60. The molecule has 4 rings (SSSR count). The maximum Gasteiger partial charge on any atom is 0.242 e. The highest BCUT2D eigenvalue weighted by Gasteiger charge is 2.59. The van der Waals surface area contributed by atoms with Crippen LogP contribution in [0.25, 0.3) is 0 Å². The lowest BCUT2D eigenvalue weighted by atomic mass is 10.0. The Hall–Kier alpha value is -2.62. The second-order valence-corrected chi connectivity index (χ2v) is 7.71. The number of para-hydroxylation sites is 1. The van der Waals surface area contributed by atoms with Gasteiger partial charge in [-0.3, -0.25) is 9.59 Å². The van der Waals surface area contributed by atoms with Gasteiger partial charge < -0.3 is 10.2 Å². The second-order valence-electron chi connectivity index (χ2n) is 7.71. The second kappa shape index (κ2) is 5.97. The lowest BCUT2D eigenvalue weighted by Gasteiger charge is -2.27. The molecule has 2 aromatic carbocycles. The zero-order valence-corrected chi connectivity index (χ0v) is 15.5. The van der Waals surface area contributed by atoms with Crippen molar-refractivity contribution < 1.29 is 9.59 Å². The van der Waals surface area contributed by atoms with Crippen molar-refractivity contribution in [2.24, 2.45) is 5.41 Å². The number of carbonyl (C=O) groups is 2. The molecule has 2 aromatic rings. The Morgan fingerprint density at radius 2 is 1.85 bits per heavy atom. The summed E-state index contributed by atoms with van der Waals surface area (Å²) in [6.45, 7) is 6.02. The largest absolute Gasteiger partial charge is 0.325 e. The van der Waals surface area contributed by atoms with E-state index in [0.717, 1.165) is 28.9 Å². The van der Waals surface area contributed by atoms with Crippen LogP contribution in [0.1, 0.15) is 36.5 Å². The molecule has 4 heteroatoms. The highest BCUT2D eigenvalue weighted by molar-refractivity contribution is 6.18. The van der Waals surface area contributed by atoms with Gasteiger partial charge in [-0.1, -0.05) is 30.3 Å². The van der Waals surface area contributed by atoms with Gasteiger partial charge in [-0.05, 0) is 68.9 Å². The molecule has 26 heavy (non-hydrogen) atoms. The minimum Gasteiger partial charge on any atom is -0.325 e. The van der Waals surface area contributed by atoms with E-state index in [1.165, 1.54) is 5.56 Å². The quantitative estimate of drug-likeness (QED) is 0.853. The van der Waals surface area contributed by atoms with Crippen molar-refractivity contribution in [1.82, 2.24) is 0 Å². The van der Waals surface area contributed by atoms with Gasteiger partial charge in [0.05, 0.1) is 0 Å². The molecule has 1 fully saturated rings. The van der Waals surface area contributed by atoms with Crippen molar-refractivity contribution in [2.75, 3.05) is 10.2 Å². The van der Waals surface area contributed by atoms with Gasteiger partial charge in [-0.15, -0.1) is 0 Å². The lowest BCUT2D eigenvalue weighted by molar-refractivity contribution is -0.132. The average molecular weight is 348 g/mol. The molecular formula is C22H24N2O2. The summed E-state index contributed by atoms with van der Waals surface area (Å²) >= 11 is 0. The van der Waals surface area contributed by atoms with E-state index in [1.807, 2.05) is 55.1 Å². The van der Waals surface area contributed by atoms with Crippen LogP contribution in [0.3, 0.4) is 0 Å². The van der Waals surface area contributed by atoms with E-state index >= 15 is 0 Å². The number of fused-ring (bicyclic) bond motifs is 1. The number of aryl methyl sites for hydroxylation is 2. The third-order valence-corrected chi connectivity index (χ3v) is 5.66. The van der Waals surface area contributed by atoms with Crippen LogP contribution >= 0.6 is 0 Å². The molecule has 0 spiro atoms. The van der Waals surface area contributed by atoms with Gasteiger partial charge in [0, 0.05) is 17.4 Å². The molecule has 2 amide bonds. The van der Waals surface area contributed by atoms with Crippen molar-refractivity contribution in [1.29, 1.82) is 0 Å². The number of nitrogens with one attached hydrogen (secondary N) is 1. The monoisotopic (exact) mass is 348 g/mol. The zero-order valence-electron chi connectivity index (χ0n) is 15.5. The molecule has 1 saturated carbocycles. The number of anilines is 2. The summed E-state index contributed by atoms with van der Waals surface area (Å²) in [7, 11) is 0. The van der Waals surface area contributed by atoms with Crippen LogP contribution in [0, 0.1) is 19.3 Å². The number of amides is 2. The van der Waals surface area contributed by atoms with Crippen LogP contribution in [-0.2, 0) is 16.0 Å². The van der Waals surface area contributed by atoms with Crippen molar-refractivity contribution in [3.63, 3.8) is 0 Å². The molecule has 1 aliphatic carbocycles. The molecular weight excluding hydrogens is 324 g/mol. The van der Waals surface area contributed by atoms with E-state index in [2.05, 4.69) is 18.3 Å². The van der Waals surface area contributed by atoms with Gasteiger partial charge in [0.1, 0.15) is 5.41 Å². The lowest BCUT2D eigenvalue weighted by Crippen LogP contribution is -2.45. The summed E-state index contributed by atoms with van der Waals surface area (Å²) in [6, 6.07) is 14.1. The molecule has 1 aliphatic heterocycles. The van der Waals surface area contributed by atoms with Gasteiger partial charge in [0.15, 0.2) is 0 Å². The Morgan fingerprint density at radius 3 is 2.58 bits per heavy atom. The topological polar surface area (TPSA) is 49.4 Å². The third kappa shape index (κ3) is 2.61. The fourth-order valence-electron chi connectivity index (χ4n) is 3.88. The zero-order chi connectivity index (χ0) is 18.5. The maximum absolute atomic E-state index is 13.4. The van der Waals surface area contributed by atoms with Crippen molar-refractivity contribution >= 4 is 23.2 Å². The van der Waals surface area contributed by atoms with Gasteiger partial charge in [-0.2, -0.15) is 0 Å². The number of benzene rings is 2. The molecule has 1 unspecified atom stereocenters. The molecule has 0 radical (unpaired) electrons. The third-order valence-electron chi connectivity index (χ3n) is 5.66. The Labute approximate surface area is 154 Å². The van der Waals surface area contributed by atoms with Crippen molar-refractivity contribution in [3.8, 4) is 0 Å². The van der Waals surface area contributed by atoms with E-state index in [1.54, 1.807) is 0 Å². The molecule has 0 bridgehead atoms. The summed E-state index contributed by atoms with van der Waals surface area (Å²) in [4.78, 5) is 28.2. The van der Waals surface area contributed by atoms with Crippen LogP contribution in [0.4, 0.5) is 11.4 Å². The SMILES string of the molecule is Cc1ccc(C)c(NC(=O)C2(C(=O)N3c4ccccc4CC3C)CC2)c1. The predicted molar refractivity (Wildman–Crippen MR) is 103 cm³/mol. The number of nitrogens with zero attached hydrogens (tertiary/aromatic N) is 1. The Morgan fingerprint density at radius 1 is 1.12 bits per heavy atom. The Kier molecular flexibility index (Phi) is 3.87. The van der Waals surface area contributed by atoms with Crippen LogP contribution in [0.2, 0.25) is 0 Å². The first-order chi connectivity index (χ1) is 12.4. The predicted octanol–water partition coefficient (Wildman–Crippen LogP) is 4.00. The van der Waals surface area contributed by atoms with Gasteiger partial charge in [0.2, 0.25) is 11.8 Å². The van der Waals surface area contributed by atoms with E-state index < -0.39 is 5.41 Å². The highest BCUT2D eigenvalue weighted by atomic mass is 16.2. The normalized spacial score (nSPS) is 19.8. The molecule has 134 valence electrons. The van der Waals surface area contributed by atoms with Crippen LogP contribution < -0.4 is 10.2 Å². The van der Waals surface area contributed by atoms with Crippen LogP contribution in [0.5, 0.6) is 0 Å². The molecule has 1 atom stereocenters. The molecule has 4 nitrogen and oxygen atoms in total. The standard InChI is InChI=1S/C22H24N2O2/c1-14-8-9-15(2)18(12-14)23-20(25)22(10-11-22)21(26)24-16(3)13-17-6-4-5-7-19(17)24/h4-9,12,16H,10-11,13H2,1-3H3,(H,23,25). The number of hydrogen-bond donors (Lipinski definition) is 1. The first-order valence-electron chi connectivity index (χ1n) is 9.23. The Bertz CT molecular complexity index is 899. The minimum atomic E-state index is -0.915. The fraction of sp³-hybridized carbons (Fsp3) is 0.364. The molecule has 0 aromatic heterocycles. The molecule has 0 saturated heterocycles. The van der Waals surface area contributed by atoms with E-state index in [4.69, 9.17) is 0 Å². The number of hydrogen-bond acceptors (Lipinski definition) is 2. The average Bonchev–Trinajstić information content (AvgIpc) is 3.35. The first-order valence-corrected chi connectivity index (χ1v) is 9.23. The van der Waals surface area contributed by atoms with Gasteiger partial charge in [-0.25, -0.2) is 0 Å². The van der Waals surface area contributed by atoms with Crippen LogP contribution in [0.15, 0.2) is 42.5 Å². The first kappa shape index (κ1) is 16.8. The molecule has 1 heterocycles. The van der Waals surface area contributed by atoms with E-state index in [9.17, 15) is 9.59 Å². The summed E-state index contributed by atoms with van der Waals surface area (Å²) in [5, 5.41) is 3.01. The van der Waals surface area contributed by atoms with Gasteiger partial charge >= 0.3 is 0 Å². The van der Waals surface area contributed by atoms with E-state index in [0.29, 0.717) is 12.8 Å². The summed E-state index contributed by atoms with van der Waals surface area (Å²) in [6.07, 6.45) is 2.08. The van der Waals surface area contributed by atoms with E-state index in [-0.39, 0.29) is 17.9 Å². The number of rotatable bonds is 3. The van der Waals surface area contributed by atoms with Crippen molar-refractivity contribution in [3.05, 3.63) is 59.2 Å². The number of carbonyl (C=O) groups excluding carboxylic acids is 2. The highest BCUT2D eigenvalue weighted by Crippen LogP contribution is 2.50. The van der Waals surface area contributed by atoms with Crippen molar-refractivity contribution in [2.45, 2.75) is 46.1 Å². The summed E-state index contributed by atoms with van der Waals surface area (Å²) < 4.78 is 0. The molecule has 2 aliphatic rings. The van der Waals surface area contributed by atoms with Gasteiger partial charge in [0.25, 0.3) is 0 Å². The van der Waals surface area contributed by atoms with Crippen LogP contribution in [-0.4, -0.2) is 17.9 Å². The fourth-order valence-corrected chi connectivity index (χ4v) is 3.88. The smallest absolute Gasteiger partial charge is 0.242 e. The maximum atomic E-state index is 13.4. The molecule has 1 N–H and O–H groups in total. The minimum absolute atomic E-state index is 0.0576. The summed E-state index contributed by atoms with van der Waals surface area (Å²) in [5.74, 6) is -0.231.